The topological polar surface area (TPSA) is 81.8 Å². The smallest absolute Gasteiger partial charge is 0.282 e. The Labute approximate surface area is 181 Å². The molecule has 0 fully saturated rings. The molecule has 2 aromatic carbocycles. The summed E-state index contributed by atoms with van der Waals surface area (Å²) in [6.45, 7) is 1.97. The third-order valence-electron chi connectivity index (χ3n) is 4.68. The average Bonchev–Trinajstić information content (AvgIpc) is 3.13. The highest BCUT2D eigenvalue weighted by Gasteiger charge is 2.16. The first-order valence-electron chi connectivity index (χ1n) is 9.57. The van der Waals surface area contributed by atoms with Gasteiger partial charge in [0.1, 0.15) is 11.3 Å². The van der Waals surface area contributed by atoms with Gasteiger partial charge in [-0.15, -0.1) is 0 Å². The van der Waals surface area contributed by atoms with Crippen LogP contribution < -0.4 is 10.9 Å². The molecule has 0 aliphatic heterocycles. The van der Waals surface area contributed by atoms with Crippen LogP contribution in [0.3, 0.4) is 0 Å². The predicted molar refractivity (Wildman–Crippen MR) is 119 cm³/mol. The largest absolute Gasteiger partial charge is 0.325 e. The Morgan fingerprint density at radius 1 is 1.19 bits per heavy atom. The minimum absolute atomic E-state index is 0.0164. The molecule has 0 unspecified atom stereocenters. The van der Waals surface area contributed by atoms with E-state index >= 15 is 0 Å². The summed E-state index contributed by atoms with van der Waals surface area (Å²) in [4.78, 5) is 30.0. The van der Waals surface area contributed by atoms with E-state index in [9.17, 15) is 14.0 Å². The number of rotatable bonds is 6. The van der Waals surface area contributed by atoms with E-state index in [1.807, 2.05) is 30.3 Å². The number of thioether (sulfide) groups is 1. The molecule has 0 saturated heterocycles. The maximum atomic E-state index is 13.7. The number of nitrogens with one attached hydrogen (secondary N) is 1. The van der Waals surface area contributed by atoms with E-state index in [2.05, 4.69) is 15.4 Å². The van der Waals surface area contributed by atoms with Gasteiger partial charge in [0.15, 0.2) is 10.7 Å². The first-order chi connectivity index (χ1) is 14.9. The number of amides is 1. The van der Waals surface area contributed by atoms with Crippen LogP contribution in [0.15, 0.2) is 64.7 Å². The summed E-state index contributed by atoms with van der Waals surface area (Å²) >= 11 is 1.15. The van der Waals surface area contributed by atoms with Gasteiger partial charge >= 0.3 is 0 Å². The van der Waals surface area contributed by atoms with Gasteiger partial charge in [-0.05, 0) is 30.2 Å². The monoisotopic (exact) mass is 437 g/mol. The number of nitrogens with zero attached hydrogens (tertiary/aromatic N) is 4. The fourth-order valence-corrected chi connectivity index (χ4v) is 3.90. The van der Waals surface area contributed by atoms with Crippen molar-refractivity contribution in [3.63, 3.8) is 0 Å². The van der Waals surface area contributed by atoms with Crippen LogP contribution in [0.2, 0.25) is 0 Å². The summed E-state index contributed by atoms with van der Waals surface area (Å²) in [5, 5.41) is 7.31. The number of carbonyl (C=O) groups is 1. The third-order valence-corrected chi connectivity index (χ3v) is 5.65. The zero-order valence-corrected chi connectivity index (χ0v) is 17.8. The van der Waals surface area contributed by atoms with Crippen molar-refractivity contribution >= 4 is 34.4 Å². The number of aromatic nitrogens is 4. The van der Waals surface area contributed by atoms with Crippen LogP contribution in [0.1, 0.15) is 11.1 Å². The first kappa shape index (κ1) is 20.8. The molecular formula is C22H20FN5O2S. The fraction of sp³-hybridized carbons (Fsp3) is 0.182. The molecule has 0 radical (unpaired) electrons. The summed E-state index contributed by atoms with van der Waals surface area (Å²) in [5.74, 6) is -0.687. The lowest BCUT2D eigenvalue weighted by atomic mass is 10.2. The molecule has 4 rings (SSSR count). The van der Waals surface area contributed by atoms with E-state index in [1.54, 1.807) is 37.0 Å². The Morgan fingerprint density at radius 2 is 1.97 bits per heavy atom. The molecular weight excluding hydrogens is 417 g/mol. The van der Waals surface area contributed by atoms with Crippen LogP contribution in [0.5, 0.6) is 0 Å². The highest BCUT2D eigenvalue weighted by atomic mass is 32.2. The molecule has 9 heteroatoms. The normalized spacial score (nSPS) is 11.1. The van der Waals surface area contributed by atoms with Gasteiger partial charge in [0.2, 0.25) is 5.91 Å². The van der Waals surface area contributed by atoms with Gasteiger partial charge in [-0.3, -0.25) is 18.8 Å². The van der Waals surface area contributed by atoms with Crippen molar-refractivity contribution in [2.45, 2.75) is 18.6 Å². The van der Waals surface area contributed by atoms with Crippen LogP contribution >= 0.6 is 11.8 Å². The highest BCUT2D eigenvalue weighted by Crippen LogP contribution is 2.20. The van der Waals surface area contributed by atoms with Crippen molar-refractivity contribution in [2.24, 2.45) is 7.05 Å². The standard InChI is InChI=1S/C22H20FN5O2S/c1-14-8-9-16(10-17(14)23)24-19(29)13-31-22-25-18-12-27(2)26-20(18)21(30)28(22)11-15-6-4-3-5-7-15/h3-10,12H,11,13H2,1-2H3,(H,24,29). The number of aryl methyl sites for hydroxylation is 2. The Morgan fingerprint density at radius 3 is 2.71 bits per heavy atom. The Balaban J connectivity index is 1.59. The first-order valence-corrected chi connectivity index (χ1v) is 10.6. The number of anilines is 1. The molecule has 0 atom stereocenters. The van der Waals surface area contributed by atoms with Gasteiger partial charge in [0, 0.05) is 12.7 Å². The molecule has 31 heavy (non-hydrogen) atoms. The fourth-order valence-electron chi connectivity index (χ4n) is 3.10. The molecule has 0 aliphatic rings. The Kier molecular flexibility index (Phi) is 5.85. The van der Waals surface area contributed by atoms with Gasteiger partial charge in [-0.1, -0.05) is 48.2 Å². The number of hydrogen-bond acceptors (Lipinski definition) is 5. The van der Waals surface area contributed by atoms with Crippen LogP contribution in [-0.2, 0) is 18.4 Å². The van der Waals surface area contributed by atoms with Crippen molar-refractivity contribution in [3.8, 4) is 0 Å². The van der Waals surface area contributed by atoms with E-state index in [1.165, 1.54) is 10.6 Å². The average molecular weight is 438 g/mol. The van der Waals surface area contributed by atoms with Crippen LogP contribution in [0, 0.1) is 12.7 Å². The van der Waals surface area contributed by atoms with E-state index in [4.69, 9.17) is 0 Å². The van der Waals surface area contributed by atoms with Crippen molar-refractivity contribution in [1.82, 2.24) is 19.3 Å². The minimum Gasteiger partial charge on any atom is -0.325 e. The molecule has 0 bridgehead atoms. The second-order valence-corrected chi connectivity index (χ2v) is 8.05. The molecule has 158 valence electrons. The lowest BCUT2D eigenvalue weighted by molar-refractivity contribution is -0.113. The molecule has 7 nitrogen and oxygen atoms in total. The van der Waals surface area contributed by atoms with E-state index in [-0.39, 0.29) is 28.6 Å². The van der Waals surface area contributed by atoms with Crippen LogP contribution in [0.25, 0.3) is 11.0 Å². The maximum absolute atomic E-state index is 13.7. The van der Waals surface area contributed by atoms with Crippen LogP contribution in [0.4, 0.5) is 10.1 Å². The Bertz CT molecular complexity index is 1320. The zero-order valence-electron chi connectivity index (χ0n) is 17.0. The summed E-state index contributed by atoms with van der Waals surface area (Å²) in [5.41, 5.74) is 2.31. The van der Waals surface area contributed by atoms with Gasteiger partial charge in [0.05, 0.1) is 18.5 Å². The van der Waals surface area contributed by atoms with E-state index in [0.717, 1.165) is 17.3 Å². The quantitative estimate of drug-likeness (QED) is 0.370. The molecule has 2 heterocycles. The maximum Gasteiger partial charge on any atom is 0.282 e. The molecule has 1 N–H and O–H groups in total. The molecule has 0 spiro atoms. The number of carbonyl (C=O) groups excluding carboxylic acids is 1. The van der Waals surface area contributed by atoms with Crippen molar-refractivity contribution < 1.29 is 9.18 Å². The Hall–Kier alpha value is -3.46. The van der Waals surface area contributed by atoms with Crippen LogP contribution in [-0.4, -0.2) is 31.0 Å². The molecule has 4 aromatic rings. The second-order valence-electron chi connectivity index (χ2n) is 7.11. The third kappa shape index (κ3) is 4.66. The van der Waals surface area contributed by atoms with E-state index < -0.39 is 0 Å². The van der Waals surface area contributed by atoms with Gasteiger partial charge < -0.3 is 5.32 Å². The zero-order chi connectivity index (χ0) is 22.0. The second kappa shape index (κ2) is 8.73. The molecule has 0 aliphatic carbocycles. The lowest BCUT2D eigenvalue weighted by Crippen LogP contribution is -2.25. The molecule has 0 saturated carbocycles. The van der Waals surface area contributed by atoms with Crippen molar-refractivity contribution in [1.29, 1.82) is 0 Å². The molecule has 2 aromatic heterocycles. The number of benzene rings is 2. The SMILES string of the molecule is Cc1ccc(NC(=O)CSc2nc3cn(C)nc3c(=O)n2Cc2ccccc2)cc1F. The number of hydrogen-bond donors (Lipinski definition) is 1. The van der Waals surface area contributed by atoms with Gasteiger partial charge in [0.25, 0.3) is 5.56 Å². The number of halogens is 1. The lowest BCUT2D eigenvalue weighted by Gasteiger charge is -2.12. The summed E-state index contributed by atoms with van der Waals surface area (Å²) in [6.07, 6.45) is 1.67. The van der Waals surface area contributed by atoms with E-state index in [0.29, 0.717) is 28.5 Å². The summed E-state index contributed by atoms with van der Waals surface area (Å²) in [6, 6.07) is 14.1. The number of fused-ring (bicyclic) bond motifs is 1. The summed E-state index contributed by atoms with van der Waals surface area (Å²) in [7, 11) is 1.73. The highest BCUT2D eigenvalue weighted by molar-refractivity contribution is 7.99. The van der Waals surface area contributed by atoms with Crippen molar-refractivity contribution in [3.05, 3.63) is 82.0 Å². The predicted octanol–water partition coefficient (Wildman–Crippen LogP) is 3.36. The van der Waals surface area contributed by atoms with Gasteiger partial charge in [-0.25, -0.2) is 9.37 Å². The van der Waals surface area contributed by atoms with Gasteiger partial charge in [-0.2, -0.15) is 5.10 Å². The molecule has 1 amide bonds. The van der Waals surface area contributed by atoms with Crippen molar-refractivity contribution in [2.75, 3.05) is 11.1 Å². The minimum atomic E-state index is -0.383. The summed E-state index contributed by atoms with van der Waals surface area (Å²) < 4.78 is 16.8.